The number of aliphatic carboxylic acids is 1. The number of rotatable bonds is 8. The Kier molecular flexibility index (Phi) is 5.25. The zero-order chi connectivity index (χ0) is 17.6. The summed E-state index contributed by atoms with van der Waals surface area (Å²) < 4.78 is 3.69. The Morgan fingerprint density at radius 3 is 2.80 bits per heavy atom. The minimum absolute atomic E-state index is 0.594. The number of benzene rings is 1. The second kappa shape index (κ2) is 7.76. The van der Waals surface area contributed by atoms with Gasteiger partial charge in [0.1, 0.15) is 6.04 Å². The lowest BCUT2D eigenvalue weighted by molar-refractivity contribution is -0.143. The Morgan fingerprint density at radius 2 is 2.12 bits per heavy atom. The zero-order valence-electron chi connectivity index (χ0n) is 14.1. The molecule has 0 bridgehead atoms. The molecule has 0 aliphatic heterocycles. The number of carboxylic acid groups (broad SMARTS) is 1. The van der Waals surface area contributed by atoms with Crippen LogP contribution in [0.4, 0.5) is 0 Å². The van der Waals surface area contributed by atoms with E-state index in [1.807, 2.05) is 53.0 Å². The molecule has 0 radical (unpaired) electrons. The van der Waals surface area contributed by atoms with E-state index in [2.05, 4.69) is 10.1 Å². The van der Waals surface area contributed by atoms with Crippen molar-refractivity contribution in [2.45, 2.75) is 19.1 Å². The molecule has 7 heteroatoms. The molecule has 3 aromatic rings. The number of carbonyl (C=O) groups is 1. The highest BCUT2D eigenvalue weighted by Crippen LogP contribution is 2.19. The summed E-state index contributed by atoms with van der Waals surface area (Å²) in [6, 6.07) is 9.23. The monoisotopic (exact) mass is 339 g/mol. The molecule has 0 saturated carbocycles. The Hall–Kier alpha value is -2.93. The molecule has 1 atom stereocenters. The Labute approximate surface area is 146 Å². The van der Waals surface area contributed by atoms with E-state index in [0.29, 0.717) is 25.2 Å². The van der Waals surface area contributed by atoms with E-state index in [0.717, 1.165) is 5.56 Å². The summed E-state index contributed by atoms with van der Waals surface area (Å²) in [5.41, 5.74) is 1.80. The molecule has 3 rings (SSSR count). The summed E-state index contributed by atoms with van der Waals surface area (Å²) in [5, 5.41) is 14.0. The molecule has 2 aromatic heterocycles. The Bertz CT molecular complexity index is 798. The van der Waals surface area contributed by atoms with Gasteiger partial charge in [0.15, 0.2) is 0 Å². The molecular weight excluding hydrogens is 318 g/mol. The quantitative estimate of drug-likeness (QED) is 0.678. The third-order valence-corrected chi connectivity index (χ3v) is 4.10. The second-order valence-electron chi connectivity index (χ2n) is 5.98. The van der Waals surface area contributed by atoms with Crippen molar-refractivity contribution in [3.63, 3.8) is 0 Å². The van der Waals surface area contributed by atoms with Gasteiger partial charge in [-0.3, -0.25) is 14.4 Å². The molecular formula is C18H21N5O2. The number of nitrogens with zero attached hydrogens (tertiary/aromatic N) is 5. The van der Waals surface area contributed by atoms with Crippen molar-refractivity contribution >= 4 is 5.97 Å². The largest absolute Gasteiger partial charge is 0.480 e. The number of aromatic nitrogens is 4. The molecule has 0 aliphatic rings. The van der Waals surface area contributed by atoms with E-state index in [-0.39, 0.29) is 0 Å². The van der Waals surface area contributed by atoms with Gasteiger partial charge in [0.25, 0.3) is 0 Å². The van der Waals surface area contributed by atoms with Gasteiger partial charge in [-0.05, 0) is 12.6 Å². The van der Waals surface area contributed by atoms with Crippen LogP contribution in [0.3, 0.4) is 0 Å². The summed E-state index contributed by atoms with van der Waals surface area (Å²) in [6.07, 6.45) is 8.74. The topological polar surface area (TPSA) is 76.2 Å². The third-order valence-electron chi connectivity index (χ3n) is 4.10. The Morgan fingerprint density at radius 1 is 1.32 bits per heavy atom. The number of hydrogen-bond acceptors (Lipinski definition) is 4. The van der Waals surface area contributed by atoms with Crippen LogP contribution in [0.2, 0.25) is 0 Å². The smallest absolute Gasteiger partial charge is 0.325 e. The molecule has 0 fully saturated rings. The van der Waals surface area contributed by atoms with Crippen LogP contribution in [0.25, 0.3) is 0 Å². The number of imidazole rings is 1. The maximum atomic E-state index is 11.8. The third kappa shape index (κ3) is 4.33. The first-order chi connectivity index (χ1) is 12.1. The molecule has 1 aromatic carbocycles. The van der Waals surface area contributed by atoms with E-state index < -0.39 is 12.0 Å². The fourth-order valence-corrected chi connectivity index (χ4v) is 2.78. The zero-order valence-corrected chi connectivity index (χ0v) is 14.1. The maximum absolute atomic E-state index is 11.8. The van der Waals surface area contributed by atoms with Crippen LogP contribution < -0.4 is 0 Å². The SMILES string of the molecule is CN(CCn1ccnc1)C(C(=O)O)c1cnn(Cc2ccccc2)c1. The van der Waals surface area contributed by atoms with Crippen LogP contribution in [-0.2, 0) is 17.9 Å². The fourth-order valence-electron chi connectivity index (χ4n) is 2.78. The molecule has 1 N–H and O–H groups in total. The van der Waals surface area contributed by atoms with Crippen LogP contribution >= 0.6 is 0 Å². The van der Waals surface area contributed by atoms with E-state index in [4.69, 9.17) is 0 Å². The minimum Gasteiger partial charge on any atom is -0.480 e. The second-order valence-corrected chi connectivity index (χ2v) is 5.98. The van der Waals surface area contributed by atoms with Gasteiger partial charge in [0.2, 0.25) is 0 Å². The summed E-state index contributed by atoms with van der Waals surface area (Å²) >= 11 is 0. The maximum Gasteiger partial charge on any atom is 0.325 e. The van der Waals surface area contributed by atoms with Gasteiger partial charge in [-0.2, -0.15) is 5.10 Å². The van der Waals surface area contributed by atoms with Crippen molar-refractivity contribution in [1.82, 2.24) is 24.2 Å². The molecule has 0 amide bonds. The van der Waals surface area contributed by atoms with Crippen LogP contribution in [0.1, 0.15) is 17.2 Å². The van der Waals surface area contributed by atoms with Gasteiger partial charge in [-0.25, -0.2) is 4.98 Å². The lowest BCUT2D eigenvalue weighted by atomic mass is 10.1. The van der Waals surface area contributed by atoms with E-state index in [9.17, 15) is 9.90 Å². The first-order valence-corrected chi connectivity index (χ1v) is 8.08. The normalized spacial score (nSPS) is 12.4. The first kappa shape index (κ1) is 16.9. The molecule has 0 saturated heterocycles. The highest BCUT2D eigenvalue weighted by atomic mass is 16.4. The molecule has 2 heterocycles. The van der Waals surface area contributed by atoms with Crippen molar-refractivity contribution in [3.8, 4) is 0 Å². The van der Waals surface area contributed by atoms with E-state index in [1.165, 1.54) is 0 Å². The summed E-state index contributed by atoms with van der Waals surface area (Å²) in [6.45, 7) is 1.89. The minimum atomic E-state index is -0.882. The molecule has 0 spiro atoms. The van der Waals surface area contributed by atoms with Crippen LogP contribution in [0.15, 0.2) is 61.4 Å². The standard InChI is InChI=1S/C18H21N5O2/c1-21(9-10-22-8-7-19-14-22)17(18(24)25)16-11-20-23(13-16)12-15-5-3-2-4-6-15/h2-8,11,13-14,17H,9-10,12H2,1H3,(H,24,25). The van der Waals surface area contributed by atoms with Gasteiger partial charge in [-0.15, -0.1) is 0 Å². The predicted molar refractivity (Wildman–Crippen MR) is 93.0 cm³/mol. The van der Waals surface area contributed by atoms with Crippen molar-refractivity contribution in [2.24, 2.45) is 0 Å². The van der Waals surface area contributed by atoms with Crippen molar-refractivity contribution < 1.29 is 9.90 Å². The predicted octanol–water partition coefficient (Wildman–Crippen LogP) is 1.89. The van der Waals surface area contributed by atoms with Crippen LogP contribution in [-0.4, -0.2) is 48.9 Å². The van der Waals surface area contributed by atoms with Gasteiger partial charge >= 0.3 is 5.97 Å². The average molecular weight is 339 g/mol. The molecule has 1 unspecified atom stereocenters. The summed E-state index contributed by atoms with van der Waals surface area (Å²) in [5.74, 6) is -0.882. The molecule has 130 valence electrons. The average Bonchev–Trinajstić information content (AvgIpc) is 3.26. The van der Waals surface area contributed by atoms with Crippen LogP contribution in [0.5, 0.6) is 0 Å². The first-order valence-electron chi connectivity index (χ1n) is 8.08. The number of likely N-dealkylation sites (N-methyl/N-ethyl adjacent to an activating group) is 1. The van der Waals surface area contributed by atoms with Gasteiger partial charge < -0.3 is 9.67 Å². The Balaban J connectivity index is 1.69. The van der Waals surface area contributed by atoms with E-state index >= 15 is 0 Å². The lowest BCUT2D eigenvalue weighted by Crippen LogP contribution is -2.33. The number of hydrogen-bond donors (Lipinski definition) is 1. The fraction of sp³-hybridized carbons (Fsp3) is 0.278. The molecule has 25 heavy (non-hydrogen) atoms. The summed E-state index contributed by atoms with van der Waals surface area (Å²) in [7, 11) is 1.81. The van der Waals surface area contributed by atoms with Gasteiger partial charge in [-0.1, -0.05) is 30.3 Å². The van der Waals surface area contributed by atoms with Crippen molar-refractivity contribution in [3.05, 3.63) is 72.6 Å². The van der Waals surface area contributed by atoms with Crippen LogP contribution in [0, 0.1) is 0 Å². The van der Waals surface area contributed by atoms with Crippen molar-refractivity contribution in [1.29, 1.82) is 0 Å². The molecule has 7 nitrogen and oxygen atoms in total. The van der Waals surface area contributed by atoms with E-state index in [1.54, 1.807) is 29.6 Å². The lowest BCUT2D eigenvalue weighted by Gasteiger charge is -2.23. The highest BCUT2D eigenvalue weighted by Gasteiger charge is 2.26. The van der Waals surface area contributed by atoms with Gasteiger partial charge in [0.05, 0.1) is 19.1 Å². The highest BCUT2D eigenvalue weighted by molar-refractivity contribution is 5.75. The number of carboxylic acids is 1. The van der Waals surface area contributed by atoms with Crippen molar-refractivity contribution in [2.75, 3.05) is 13.6 Å². The summed E-state index contributed by atoms with van der Waals surface area (Å²) in [4.78, 5) is 17.6. The van der Waals surface area contributed by atoms with Gasteiger partial charge in [0, 0.05) is 37.2 Å². The molecule has 0 aliphatic carbocycles.